The summed E-state index contributed by atoms with van der Waals surface area (Å²) in [5, 5.41) is 3.75. The van der Waals surface area contributed by atoms with Crippen LogP contribution < -0.4 is 5.32 Å². The number of hydrogen-bond donors (Lipinski definition) is 1. The molecular formula is C16H34N2. The van der Waals surface area contributed by atoms with E-state index in [4.69, 9.17) is 0 Å². The van der Waals surface area contributed by atoms with Crippen molar-refractivity contribution in [3.63, 3.8) is 0 Å². The molecule has 1 aliphatic rings. The fourth-order valence-corrected chi connectivity index (χ4v) is 2.61. The Labute approximate surface area is 115 Å². The van der Waals surface area contributed by atoms with E-state index >= 15 is 0 Å². The molecule has 1 rings (SSSR count). The van der Waals surface area contributed by atoms with Gasteiger partial charge >= 0.3 is 0 Å². The monoisotopic (exact) mass is 254 g/mol. The zero-order chi connectivity index (χ0) is 13.8. The van der Waals surface area contributed by atoms with Crippen molar-refractivity contribution >= 4 is 0 Å². The van der Waals surface area contributed by atoms with Gasteiger partial charge in [0.25, 0.3) is 0 Å². The second kappa shape index (κ2) is 6.91. The van der Waals surface area contributed by atoms with Crippen LogP contribution in [0.5, 0.6) is 0 Å². The van der Waals surface area contributed by atoms with Crippen LogP contribution >= 0.6 is 0 Å². The van der Waals surface area contributed by atoms with Gasteiger partial charge in [-0.1, -0.05) is 27.7 Å². The second-order valence-electron chi connectivity index (χ2n) is 6.76. The van der Waals surface area contributed by atoms with Crippen LogP contribution in [0.25, 0.3) is 0 Å². The first kappa shape index (κ1) is 16.0. The van der Waals surface area contributed by atoms with Crippen LogP contribution in [0.1, 0.15) is 60.3 Å². The summed E-state index contributed by atoms with van der Waals surface area (Å²) in [5.41, 5.74) is 0.459. The van der Waals surface area contributed by atoms with Gasteiger partial charge < -0.3 is 10.2 Å². The molecule has 2 nitrogen and oxygen atoms in total. The number of nitrogens with zero attached hydrogens (tertiary/aromatic N) is 1. The molecule has 0 aromatic carbocycles. The Balaban J connectivity index is 2.53. The summed E-state index contributed by atoms with van der Waals surface area (Å²) in [4.78, 5) is 2.56. The van der Waals surface area contributed by atoms with Gasteiger partial charge in [-0.25, -0.2) is 0 Å². The summed E-state index contributed by atoms with van der Waals surface area (Å²) in [6, 6.07) is 1.50. The normalized spacial score (nSPS) is 18.7. The fourth-order valence-electron chi connectivity index (χ4n) is 2.61. The highest BCUT2D eigenvalue weighted by Gasteiger charge is 2.32. The van der Waals surface area contributed by atoms with E-state index in [1.807, 2.05) is 0 Å². The molecular weight excluding hydrogens is 220 g/mol. The highest BCUT2D eigenvalue weighted by atomic mass is 15.1. The molecule has 0 amide bonds. The van der Waals surface area contributed by atoms with E-state index in [0.29, 0.717) is 11.5 Å². The van der Waals surface area contributed by atoms with Gasteiger partial charge in [0, 0.05) is 25.2 Å². The van der Waals surface area contributed by atoms with Crippen molar-refractivity contribution in [2.75, 3.05) is 20.1 Å². The van der Waals surface area contributed by atoms with Crippen LogP contribution in [0, 0.1) is 11.3 Å². The molecule has 0 bridgehead atoms. The Morgan fingerprint density at radius 3 is 2.11 bits per heavy atom. The largest absolute Gasteiger partial charge is 0.313 e. The molecule has 1 fully saturated rings. The Morgan fingerprint density at radius 2 is 1.72 bits per heavy atom. The van der Waals surface area contributed by atoms with E-state index in [1.54, 1.807) is 0 Å². The molecule has 108 valence electrons. The molecule has 1 N–H and O–H groups in total. The molecule has 0 spiro atoms. The lowest BCUT2D eigenvalue weighted by molar-refractivity contribution is 0.108. The third kappa shape index (κ3) is 4.55. The van der Waals surface area contributed by atoms with Crippen molar-refractivity contribution in [1.82, 2.24) is 10.2 Å². The van der Waals surface area contributed by atoms with Crippen molar-refractivity contribution in [1.29, 1.82) is 0 Å². The van der Waals surface area contributed by atoms with Gasteiger partial charge in [-0.15, -0.1) is 0 Å². The summed E-state index contributed by atoms with van der Waals surface area (Å²) in [5.74, 6) is 0.734. The van der Waals surface area contributed by atoms with Gasteiger partial charge in [-0.05, 0) is 51.0 Å². The Bertz CT molecular complexity index is 229. The van der Waals surface area contributed by atoms with Gasteiger partial charge in [-0.3, -0.25) is 0 Å². The quantitative estimate of drug-likeness (QED) is 0.677. The lowest BCUT2D eigenvalue weighted by Gasteiger charge is -2.39. The average Bonchev–Trinajstić information content (AvgIpc) is 3.17. The minimum absolute atomic E-state index is 0.459. The number of hydrogen-bond acceptors (Lipinski definition) is 2. The molecule has 1 unspecified atom stereocenters. The van der Waals surface area contributed by atoms with E-state index < -0.39 is 0 Å². The molecule has 0 aromatic heterocycles. The van der Waals surface area contributed by atoms with Gasteiger partial charge in [0.15, 0.2) is 0 Å². The van der Waals surface area contributed by atoms with Crippen molar-refractivity contribution in [3.8, 4) is 0 Å². The first-order valence-electron chi connectivity index (χ1n) is 7.87. The van der Waals surface area contributed by atoms with Gasteiger partial charge in [0.05, 0.1) is 0 Å². The van der Waals surface area contributed by atoms with Crippen molar-refractivity contribution in [2.24, 2.45) is 11.3 Å². The molecule has 1 saturated carbocycles. The summed E-state index contributed by atoms with van der Waals surface area (Å²) in [6.45, 7) is 14.1. The Kier molecular flexibility index (Phi) is 6.13. The molecule has 0 aliphatic heterocycles. The van der Waals surface area contributed by atoms with Crippen LogP contribution in [0.2, 0.25) is 0 Å². The van der Waals surface area contributed by atoms with Crippen molar-refractivity contribution < 1.29 is 0 Å². The van der Waals surface area contributed by atoms with Gasteiger partial charge in [0.2, 0.25) is 0 Å². The zero-order valence-electron chi connectivity index (χ0n) is 13.4. The topological polar surface area (TPSA) is 15.3 Å². The molecule has 0 radical (unpaired) electrons. The minimum atomic E-state index is 0.459. The molecule has 0 aromatic rings. The summed E-state index contributed by atoms with van der Waals surface area (Å²) >= 11 is 0. The molecule has 0 saturated heterocycles. The Hall–Kier alpha value is -0.0800. The number of rotatable bonds is 9. The van der Waals surface area contributed by atoms with Crippen LogP contribution in [-0.2, 0) is 0 Å². The Morgan fingerprint density at radius 1 is 1.17 bits per heavy atom. The number of nitrogens with one attached hydrogen (secondary N) is 1. The van der Waals surface area contributed by atoms with E-state index in [1.165, 1.54) is 38.8 Å². The maximum absolute atomic E-state index is 3.75. The highest BCUT2D eigenvalue weighted by Crippen LogP contribution is 2.30. The van der Waals surface area contributed by atoms with Crippen LogP contribution in [0.15, 0.2) is 0 Å². The summed E-state index contributed by atoms with van der Waals surface area (Å²) in [6.07, 6.45) is 5.33. The van der Waals surface area contributed by atoms with Gasteiger partial charge in [0.1, 0.15) is 0 Å². The van der Waals surface area contributed by atoms with Crippen LogP contribution in [0.4, 0.5) is 0 Å². The summed E-state index contributed by atoms with van der Waals surface area (Å²) in [7, 11) is 2.29. The first-order chi connectivity index (χ1) is 8.44. The van der Waals surface area contributed by atoms with Crippen molar-refractivity contribution in [2.45, 2.75) is 72.4 Å². The van der Waals surface area contributed by atoms with Crippen molar-refractivity contribution in [3.05, 3.63) is 0 Å². The van der Waals surface area contributed by atoms with Crippen LogP contribution in [0.3, 0.4) is 0 Å². The average molecular weight is 254 g/mol. The third-order valence-electron chi connectivity index (χ3n) is 5.09. The lowest BCUT2D eigenvalue weighted by atomic mass is 9.81. The SMILES string of the molecule is CCC(CC)(CNC1CC1)CN(C)C(C)C(C)C. The summed E-state index contributed by atoms with van der Waals surface area (Å²) < 4.78 is 0. The molecule has 0 heterocycles. The second-order valence-corrected chi connectivity index (χ2v) is 6.76. The standard InChI is InChI=1S/C16H34N2/c1-7-16(8-2,11-17-15-9-10-15)12-18(6)14(5)13(3)4/h13-15,17H,7-12H2,1-6H3. The van der Waals surface area contributed by atoms with E-state index in [0.717, 1.165) is 12.0 Å². The van der Waals surface area contributed by atoms with Gasteiger partial charge in [-0.2, -0.15) is 0 Å². The fraction of sp³-hybridized carbons (Fsp3) is 1.00. The van der Waals surface area contributed by atoms with E-state index in [9.17, 15) is 0 Å². The van der Waals surface area contributed by atoms with E-state index in [-0.39, 0.29) is 0 Å². The zero-order valence-corrected chi connectivity index (χ0v) is 13.4. The molecule has 1 atom stereocenters. The lowest BCUT2D eigenvalue weighted by Crippen LogP contribution is -2.46. The maximum Gasteiger partial charge on any atom is 0.00871 e. The minimum Gasteiger partial charge on any atom is -0.313 e. The van der Waals surface area contributed by atoms with Crippen LogP contribution in [-0.4, -0.2) is 37.1 Å². The highest BCUT2D eigenvalue weighted by molar-refractivity contribution is 4.89. The predicted octanol–water partition coefficient (Wildman–Crippen LogP) is 3.52. The third-order valence-corrected chi connectivity index (χ3v) is 5.09. The maximum atomic E-state index is 3.75. The molecule has 2 heteroatoms. The first-order valence-corrected chi connectivity index (χ1v) is 7.87. The van der Waals surface area contributed by atoms with E-state index in [2.05, 4.69) is 51.9 Å². The smallest absolute Gasteiger partial charge is 0.00871 e. The molecule has 1 aliphatic carbocycles. The predicted molar refractivity (Wildman–Crippen MR) is 81.0 cm³/mol. The molecule has 18 heavy (non-hydrogen) atoms.